The minimum absolute atomic E-state index is 0.0805. The molecule has 1 aliphatic carbocycles. The maximum Gasteiger partial charge on any atom is 0.325 e. The van der Waals surface area contributed by atoms with Crippen LogP contribution in [0.15, 0.2) is 0 Å². The number of imide groups is 1. The van der Waals surface area contributed by atoms with Gasteiger partial charge in [0, 0.05) is 6.04 Å². The van der Waals surface area contributed by atoms with Gasteiger partial charge in [-0.3, -0.25) is 14.9 Å². The maximum absolute atomic E-state index is 12.1. The SMILES string of the molecule is CC1(C)C(=O)NC(=O)N1CC(=O)N[C@@H]1CCC[C@H]1CN. The van der Waals surface area contributed by atoms with Crippen LogP contribution in [0.5, 0.6) is 0 Å². The number of carbonyl (C=O) groups excluding carboxylic acids is 3. The monoisotopic (exact) mass is 282 g/mol. The highest BCUT2D eigenvalue weighted by Gasteiger charge is 2.46. The number of amides is 4. The predicted molar refractivity (Wildman–Crippen MR) is 72.6 cm³/mol. The van der Waals surface area contributed by atoms with Gasteiger partial charge >= 0.3 is 6.03 Å². The Morgan fingerprint density at radius 3 is 2.70 bits per heavy atom. The van der Waals surface area contributed by atoms with Crippen molar-refractivity contribution in [3.8, 4) is 0 Å². The molecular weight excluding hydrogens is 260 g/mol. The lowest BCUT2D eigenvalue weighted by Crippen LogP contribution is -2.51. The number of carbonyl (C=O) groups is 3. The van der Waals surface area contributed by atoms with E-state index in [1.165, 1.54) is 4.90 Å². The highest BCUT2D eigenvalue weighted by molar-refractivity contribution is 6.07. The first kappa shape index (κ1) is 14.8. The summed E-state index contributed by atoms with van der Waals surface area (Å²) >= 11 is 0. The van der Waals surface area contributed by atoms with Crippen LogP contribution in [0.3, 0.4) is 0 Å². The summed E-state index contributed by atoms with van der Waals surface area (Å²) in [6.45, 7) is 3.69. The molecule has 1 saturated carbocycles. The fourth-order valence-corrected chi connectivity index (χ4v) is 2.87. The summed E-state index contributed by atoms with van der Waals surface area (Å²) in [5.74, 6) is -0.315. The maximum atomic E-state index is 12.1. The van der Waals surface area contributed by atoms with Crippen LogP contribution in [0, 0.1) is 5.92 Å². The Kier molecular flexibility index (Phi) is 3.99. The van der Waals surface area contributed by atoms with E-state index in [9.17, 15) is 14.4 Å². The van der Waals surface area contributed by atoms with Crippen molar-refractivity contribution in [2.45, 2.75) is 44.7 Å². The predicted octanol–water partition coefficient (Wildman–Crippen LogP) is -0.440. The van der Waals surface area contributed by atoms with Gasteiger partial charge in [-0.1, -0.05) is 6.42 Å². The van der Waals surface area contributed by atoms with Crippen LogP contribution in [0.1, 0.15) is 33.1 Å². The van der Waals surface area contributed by atoms with E-state index < -0.39 is 11.6 Å². The van der Waals surface area contributed by atoms with Crippen molar-refractivity contribution in [2.75, 3.05) is 13.1 Å². The van der Waals surface area contributed by atoms with E-state index in [1.807, 2.05) is 0 Å². The molecule has 20 heavy (non-hydrogen) atoms. The molecule has 0 radical (unpaired) electrons. The van der Waals surface area contributed by atoms with E-state index in [1.54, 1.807) is 13.8 Å². The molecule has 2 atom stereocenters. The van der Waals surface area contributed by atoms with Gasteiger partial charge in [0.05, 0.1) is 0 Å². The molecule has 1 heterocycles. The molecule has 112 valence electrons. The average molecular weight is 282 g/mol. The first-order valence-electron chi connectivity index (χ1n) is 6.98. The third kappa shape index (κ3) is 2.63. The minimum atomic E-state index is -0.989. The van der Waals surface area contributed by atoms with Crippen molar-refractivity contribution in [3.63, 3.8) is 0 Å². The van der Waals surface area contributed by atoms with E-state index in [0.717, 1.165) is 19.3 Å². The summed E-state index contributed by atoms with van der Waals surface area (Å²) in [4.78, 5) is 36.6. The van der Waals surface area contributed by atoms with Crippen molar-refractivity contribution in [1.29, 1.82) is 0 Å². The molecule has 0 aromatic carbocycles. The number of rotatable bonds is 4. The second-order valence-electron chi connectivity index (χ2n) is 6.01. The van der Waals surface area contributed by atoms with Crippen molar-refractivity contribution >= 4 is 17.8 Å². The molecule has 7 nitrogen and oxygen atoms in total. The van der Waals surface area contributed by atoms with Crippen molar-refractivity contribution in [3.05, 3.63) is 0 Å². The Morgan fingerprint density at radius 2 is 2.15 bits per heavy atom. The second kappa shape index (κ2) is 5.40. The largest absolute Gasteiger partial charge is 0.352 e. The van der Waals surface area contributed by atoms with Gasteiger partial charge in [-0.15, -0.1) is 0 Å². The van der Waals surface area contributed by atoms with Crippen molar-refractivity contribution in [2.24, 2.45) is 11.7 Å². The van der Waals surface area contributed by atoms with Gasteiger partial charge in [-0.05, 0) is 39.2 Å². The number of nitrogens with two attached hydrogens (primary N) is 1. The molecule has 4 N–H and O–H groups in total. The summed E-state index contributed by atoms with van der Waals surface area (Å²) in [6, 6.07) is -0.436. The van der Waals surface area contributed by atoms with Crippen LogP contribution in [-0.2, 0) is 9.59 Å². The van der Waals surface area contributed by atoms with Gasteiger partial charge in [-0.25, -0.2) is 4.79 Å². The topological polar surface area (TPSA) is 105 Å². The smallest absolute Gasteiger partial charge is 0.325 e. The van der Waals surface area contributed by atoms with Crippen LogP contribution in [-0.4, -0.2) is 47.4 Å². The van der Waals surface area contributed by atoms with Gasteiger partial charge in [0.15, 0.2) is 0 Å². The zero-order valence-electron chi connectivity index (χ0n) is 11.9. The molecule has 2 rings (SSSR count). The summed E-state index contributed by atoms with van der Waals surface area (Å²) in [5, 5.41) is 5.15. The van der Waals surface area contributed by atoms with Crippen LogP contribution in [0.4, 0.5) is 4.79 Å². The Labute approximate surface area is 118 Å². The number of hydrogen-bond donors (Lipinski definition) is 3. The lowest BCUT2D eigenvalue weighted by Gasteiger charge is -2.28. The first-order valence-corrected chi connectivity index (χ1v) is 6.98. The number of urea groups is 1. The molecule has 2 aliphatic rings. The fourth-order valence-electron chi connectivity index (χ4n) is 2.87. The number of hydrogen-bond acceptors (Lipinski definition) is 4. The molecule has 0 aromatic heterocycles. The quantitative estimate of drug-likeness (QED) is 0.608. The minimum Gasteiger partial charge on any atom is -0.352 e. The summed E-state index contributed by atoms with van der Waals surface area (Å²) in [5.41, 5.74) is 4.69. The standard InChI is InChI=1S/C13H22N4O3/c1-13(2)11(19)16-12(20)17(13)7-10(18)15-9-5-3-4-8(9)6-14/h8-9H,3-7,14H2,1-2H3,(H,15,18)(H,16,19,20)/t8-,9+/m0/s1. The number of nitrogens with zero attached hydrogens (tertiary/aromatic N) is 1. The Bertz CT molecular complexity index is 435. The van der Waals surface area contributed by atoms with Gasteiger partial charge in [0.1, 0.15) is 12.1 Å². The van der Waals surface area contributed by atoms with Crippen LogP contribution >= 0.6 is 0 Å². The van der Waals surface area contributed by atoms with Gasteiger partial charge in [-0.2, -0.15) is 0 Å². The van der Waals surface area contributed by atoms with Crippen molar-refractivity contribution < 1.29 is 14.4 Å². The van der Waals surface area contributed by atoms with E-state index in [4.69, 9.17) is 5.73 Å². The molecule has 0 bridgehead atoms. The molecule has 0 aromatic rings. The Hall–Kier alpha value is -1.63. The normalized spacial score (nSPS) is 28.6. The molecule has 7 heteroatoms. The third-order valence-electron chi connectivity index (χ3n) is 4.31. The third-order valence-corrected chi connectivity index (χ3v) is 4.31. The zero-order valence-corrected chi connectivity index (χ0v) is 11.9. The lowest BCUT2D eigenvalue weighted by molar-refractivity contribution is -0.127. The molecular formula is C13H22N4O3. The van der Waals surface area contributed by atoms with E-state index in [2.05, 4.69) is 10.6 Å². The molecule has 0 unspecified atom stereocenters. The zero-order chi connectivity index (χ0) is 14.9. The summed E-state index contributed by atoms with van der Waals surface area (Å²) in [6.07, 6.45) is 3.00. The molecule has 2 fully saturated rings. The average Bonchev–Trinajstić information content (AvgIpc) is 2.88. The van der Waals surface area contributed by atoms with Gasteiger partial charge in [0.2, 0.25) is 5.91 Å². The van der Waals surface area contributed by atoms with Crippen molar-refractivity contribution in [1.82, 2.24) is 15.5 Å². The van der Waals surface area contributed by atoms with Crippen LogP contribution in [0.2, 0.25) is 0 Å². The molecule has 1 aliphatic heterocycles. The van der Waals surface area contributed by atoms with E-state index in [-0.39, 0.29) is 24.4 Å². The van der Waals surface area contributed by atoms with E-state index in [0.29, 0.717) is 12.5 Å². The second-order valence-corrected chi connectivity index (χ2v) is 6.01. The molecule has 1 saturated heterocycles. The fraction of sp³-hybridized carbons (Fsp3) is 0.769. The highest BCUT2D eigenvalue weighted by atomic mass is 16.2. The van der Waals surface area contributed by atoms with Gasteiger partial charge < -0.3 is 16.0 Å². The molecule has 0 spiro atoms. The first-order chi connectivity index (χ1) is 9.36. The number of nitrogens with one attached hydrogen (secondary N) is 2. The van der Waals surface area contributed by atoms with Crippen LogP contribution in [0.25, 0.3) is 0 Å². The Balaban J connectivity index is 1.95. The lowest BCUT2D eigenvalue weighted by atomic mass is 10.0. The Morgan fingerprint density at radius 1 is 1.45 bits per heavy atom. The van der Waals surface area contributed by atoms with E-state index >= 15 is 0 Å². The highest BCUT2D eigenvalue weighted by Crippen LogP contribution is 2.25. The summed E-state index contributed by atoms with van der Waals surface area (Å²) in [7, 11) is 0. The van der Waals surface area contributed by atoms with Gasteiger partial charge in [0.25, 0.3) is 5.91 Å². The summed E-state index contributed by atoms with van der Waals surface area (Å²) < 4.78 is 0. The molecule has 4 amide bonds. The van der Waals surface area contributed by atoms with Crippen LogP contribution < -0.4 is 16.4 Å².